The maximum Gasteiger partial charge on any atom is 1.00 e. The van der Waals surface area contributed by atoms with Crippen molar-refractivity contribution >= 4 is 51.4 Å². The summed E-state index contributed by atoms with van der Waals surface area (Å²) in [5, 5.41) is 4.24. The number of carbonyl (C=O) groups is 5. The summed E-state index contributed by atoms with van der Waals surface area (Å²) in [7, 11) is 3.03. The molecule has 6 heterocycles. The van der Waals surface area contributed by atoms with Gasteiger partial charge in [0, 0.05) is 81.7 Å². The topological polar surface area (TPSA) is 213 Å². The number of benzene rings is 1. The Kier molecular flexibility index (Phi) is 16.2. The van der Waals surface area contributed by atoms with E-state index in [1.807, 2.05) is 32.0 Å². The van der Waals surface area contributed by atoms with Gasteiger partial charge < -0.3 is 44.9 Å². The number of nitrogens with one attached hydrogen (secondary N) is 3. The smallest absolute Gasteiger partial charge is 0.870 e. The molecule has 2 fully saturated rings. The molecule has 7 rings (SSSR count). The van der Waals surface area contributed by atoms with Crippen LogP contribution in [0.25, 0.3) is 22.1 Å². The van der Waals surface area contributed by atoms with E-state index in [0.29, 0.717) is 84.0 Å². The van der Waals surface area contributed by atoms with Crippen molar-refractivity contribution in [1.82, 2.24) is 40.0 Å². The molecule has 17 heteroatoms. The van der Waals surface area contributed by atoms with E-state index in [0.717, 1.165) is 0 Å². The minimum Gasteiger partial charge on any atom is -0.870 e. The molecule has 0 radical (unpaired) electrons. The van der Waals surface area contributed by atoms with E-state index in [2.05, 4.69) is 25.3 Å². The molecule has 5 aromatic rings. The monoisotopic (exact) mass is 780 g/mol. The van der Waals surface area contributed by atoms with E-state index < -0.39 is 23.4 Å². The first kappa shape index (κ1) is 44.9. The zero-order chi connectivity index (χ0) is 36.9. The molecule has 0 bridgehead atoms. The molecule has 16 nitrogen and oxygen atoms in total. The zero-order valence-corrected chi connectivity index (χ0v) is 33.9. The number of H-pyrrole nitrogens is 2. The molecular formula is C38H45KN8O8. The first-order chi connectivity index (χ1) is 25.1. The summed E-state index contributed by atoms with van der Waals surface area (Å²) in [4.78, 5) is 82.8. The summed E-state index contributed by atoms with van der Waals surface area (Å²) in [6.07, 6.45) is 6.17. The van der Waals surface area contributed by atoms with E-state index in [1.54, 1.807) is 46.5 Å². The molecule has 3 amide bonds. The number of Topliss-reactive ketones (excluding diaryl/α,β-unsaturated/α-hetero) is 2. The second-order valence-corrected chi connectivity index (χ2v) is 12.6. The van der Waals surface area contributed by atoms with Crippen LogP contribution in [-0.4, -0.2) is 135 Å². The Balaban J connectivity index is 0.000000292. The number of ether oxygens (including phenoxy) is 2. The van der Waals surface area contributed by atoms with Crippen LogP contribution in [0, 0.1) is 0 Å². The van der Waals surface area contributed by atoms with Crippen molar-refractivity contribution in [2.75, 3.05) is 53.5 Å². The Hall–Kier alpha value is -4.49. The van der Waals surface area contributed by atoms with E-state index in [1.165, 1.54) is 31.5 Å². The number of amides is 3. The van der Waals surface area contributed by atoms with Gasteiger partial charge >= 0.3 is 51.4 Å². The number of ketones is 2. The van der Waals surface area contributed by atoms with Crippen LogP contribution in [0.4, 0.5) is 0 Å². The summed E-state index contributed by atoms with van der Waals surface area (Å²) in [6.45, 7) is 6.72. The van der Waals surface area contributed by atoms with Gasteiger partial charge in [-0.2, -0.15) is 0 Å². The van der Waals surface area contributed by atoms with Crippen molar-refractivity contribution in [2.24, 2.45) is 0 Å². The van der Waals surface area contributed by atoms with Crippen molar-refractivity contribution in [1.29, 1.82) is 0 Å². The third-order valence-electron chi connectivity index (χ3n) is 9.35. The number of aromatic nitrogens is 4. The molecule has 1 aromatic carbocycles. The van der Waals surface area contributed by atoms with Crippen LogP contribution in [0.5, 0.6) is 11.5 Å². The Bertz CT molecular complexity index is 2140. The van der Waals surface area contributed by atoms with Gasteiger partial charge in [-0.1, -0.05) is 25.6 Å². The average Bonchev–Trinajstić information content (AvgIpc) is 3.82. The Morgan fingerprint density at radius 3 is 1.71 bits per heavy atom. The van der Waals surface area contributed by atoms with Crippen LogP contribution < -0.4 is 66.2 Å². The Labute approximate surface area is 361 Å². The molecule has 0 spiro atoms. The van der Waals surface area contributed by atoms with Crippen molar-refractivity contribution in [3.63, 3.8) is 0 Å². The number of carbonyl (C=O) groups excluding carboxylic acids is 5. The first-order valence-corrected chi connectivity index (χ1v) is 16.9. The molecule has 2 aliphatic heterocycles. The van der Waals surface area contributed by atoms with Gasteiger partial charge in [0.2, 0.25) is 0 Å². The molecule has 0 unspecified atom stereocenters. The van der Waals surface area contributed by atoms with Gasteiger partial charge in [0.05, 0.1) is 36.1 Å². The standard InChI is InChI=1S/C22H22N4O4.C15H18N4O3.CH4.K.H2O/c1-14-13-25(21(28)15-6-4-3-5-7-15)10-11-26(14)22(29)19(27)16-12-24-20-18(16)17(30-2)8-9-23-20;1-9-7-16-5-6-19(9)15(21)13(20)10-8-18-14-12(10)11(22-2)3-4-17-14;;;/h3-9,12,14H,10-11,13H2,1-2H3,(H,23,24);3-4,8-9,16H,5-7H2,1-2H3,(H,17,18);1H4;;1H2/q;;;+1;/p-1/t14-;9-;;;/m11.../s1. The van der Waals surface area contributed by atoms with Gasteiger partial charge in [-0.15, -0.1) is 0 Å². The summed E-state index contributed by atoms with van der Waals surface area (Å²) < 4.78 is 10.6. The number of rotatable bonds is 7. The number of pyridine rings is 2. The van der Waals surface area contributed by atoms with E-state index >= 15 is 0 Å². The number of hydrogen-bond acceptors (Lipinski definition) is 11. The van der Waals surface area contributed by atoms with Crippen molar-refractivity contribution in [3.05, 3.63) is 83.9 Å². The summed E-state index contributed by atoms with van der Waals surface area (Å²) in [6, 6.07) is 12.1. The number of piperazine rings is 2. The first-order valence-electron chi connectivity index (χ1n) is 16.9. The number of fused-ring (bicyclic) bond motifs is 2. The molecular weight excluding hydrogens is 736 g/mol. The van der Waals surface area contributed by atoms with Crippen LogP contribution in [-0.2, 0) is 9.59 Å². The van der Waals surface area contributed by atoms with Crippen LogP contribution in [0.1, 0.15) is 52.3 Å². The van der Waals surface area contributed by atoms with Crippen molar-refractivity contribution < 1.29 is 90.3 Å². The number of methoxy groups -OCH3 is 2. The third kappa shape index (κ3) is 9.32. The summed E-state index contributed by atoms with van der Waals surface area (Å²) >= 11 is 0. The largest absolute Gasteiger partial charge is 1.00 e. The molecule has 0 aliphatic carbocycles. The van der Waals surface area contributed by atoms with Crippen LogP contribution >= 0.6 is 0 Å². The number of hydrogen-bond donors (Lipinski definition) is 3. The second-order valence-electron chi connectivity index (χ2n) is 12.6. The molecule has 55 heavy (non-hydrogen) atoms. The SMILES string of the molecule is C.COc1ccnc2[nH]cc(C(=O)C(=O)N3CCN(C(=O)c4ccccc4)C[C@H]3C)c12.COc1ccnc2[nH]cc(C(=O)C(=O)N3CCNC[C@H]3C)c12.[K+].[OH-]. The van der Waals surface area contributed by atoms with Crippen LogP contribution in [0.2, 0.25) is 0 Å². The Morgan fingerprint density at radius 1 is 0.727 bits per heavy atom. The number of aromatic amines is 2. The fourth-order valence-corrected chi connectivity index (χ4v) is 6.59. The summed E-state index contributed by atoms with van der Waals surface area (Å²) in [5.41, 5.74) is 2.16. The normalized spacial score (nSPS) is 16.4. The second kappa shape index (κ2) is 19.9. The van der Waals surface area contributed by atoms with Crippen LogP contribution in [0.15, 0.2) is 67.3 Å². The van der Waals surface area contributed by atoms with Gasteiger partial charge in [-0.25, -0.2) is 9.97 Å². The molecule has 2 saturated heterocycles. The average molecular weight is 781 g/mol. The van der Waals surface area contributed by atoms with Gasteiger partial charge in [0.15, 0.2) is 0 Å². The molecule has 286 valence electrons. The minimum absolute atomic E-state index is 0. The number of nitrogens with zero attached hydrogens (tertiary/aromatic N) is 5. The van der Waals surface area contributed by atoms with Crippen molar-refractivity contribution in [2.45, 2.75) is 33.4 Å². The predicted molar refractivity (Wildman–Crippen MR) is 200 cm³/mol. The van der Waals surface area contributed by atoms with Gasteiger partial charge in [-0.3, -0.25) is 24.0 Å². The maximum atomic E-state index is 13.0. The van der Waals surface area contributed by atoms with E-state index in [4.69, 9.17) is 9.47 Å². The fourth-order valence-electron chi connectivity index (χ4n) is 6.59. The fraction of sp³-hybridized carbons (Fsp3) is 0.342. The molecule has 2 aliphatic rings. The maximum absolute atomic E-state index is 13.0. The third-order valence-corrected chi connectivity index (χ3v) is 9.35. The van der Waals surface area contributed by atoms with Crippen molar-refractivity contribution in [3.8, 4) is 11.5 Å². The van der Waals surface area contributed by atoms with E-state index in [9.17, 15) is 24.0 Å². The minimum atomic E-state index is -0.623. The predicted octanol–water partition coefficient (Wildman–Crippen LogP) is 0.165. The van der Waals surface area contributed by atoms with Gasteiger partial charge in [0.25, 0.3) is 29.3 Å². The molecule has 4 aromatic heterocycles. The van der Waals surface area contributed by atoms with Gasteiger partial charge in [-0.05, 0) is 38.1 Å². The molecule has 0 saturated carbocycles. The summed E-state index contributed by atoms with van der Waals surface area (Å²) in [5.74, 6) is -1.32. The molecule has 2 atom stereocenters. The van der Waals surface area contributed by atoms with Gasteiger partial charge in [0.1, 0.15) is 22.8 Å². The quantitative estimate of drug-likeness (QED) is 0.115. The van der Waals surface area contributed by atoms with Crippen LogP contribution in [0.3, 0.4) is 0 Å². The Morgan fingerprint density at radius 2 is 1.24 bits per heavy atom. The van der Waals surface area contributed by atoms with E-state index in [-0.39, 0.29) is 87.8 Å². The molecule has 4 N–H and O–H groups in total. The zero-order valence-electron chi connectivity index (χ0n) is 30.8.